The van der Waals surface area contributed by atoms with E-state index in [9.17, 15) is 14.4 Å². The first-order valence-electron chi connectivity index (χ1n) is 12.5. The molecule has 0 saturated heterocycles. The maximum atomic E-state index is 13.8. The Kier molecular flexibility index (Phi) is 6.62. The molecule has 1 atom stereocenters. The second kappa shape index (κ2) is 10.0. The third kappa shape index (κ3) is 4.60. The minimum atomic E-state index is -0.254. The van der Waals surface area contributed by atoms with E-state index in [1.807, 2.05) is 45.0 Å². The van der Waals surface area contributed by atoms with Gasteiger partial charge in [0.15, 0.2) is 0 Å². The molecular formula is C28H29N7O3. The monoisotopic (exact) mass is 511 g/mol. The van der Waals surface area contributed by atoms with Crippen molar-refractivity contribution in [1.29, 1.82) is 0 Å². The van der Waals surface area contributed by atoms with Crippen LogP contribution in [0, 0.1) is 0 Å². The van der Waals surface area contributed by atoms with E-state index in [2.05, 4.69) is 20.6 Å². The van der Waals surface area contributed by atoms with Crippen LogP contribution in [0.5, 0.6) is 0 Å². The molecule has 0 bridgehead atoms. The zero-order valence-electron chi connectivity index (χ0n) is 21.7. The molecule has 2 aromatic carbocycles. The molecular weight excluding hydrogens is 482 g/mol. The Morgan fingerprint density at radius 2 is 1.74 bits per heavy atom. The number of nitrogens with zero attached hydrogens (tertiary/aromatic N) is 5. The van der Waals surface area contributed by atoms with Crippen LogP contribution < -0.4 is 16.2 Å². The van der Waals surface area contributed by atoms with Gasteiger partial charge in [0.2, 0.25) is 5.95 Å². The second-order valence-electron chi connectivity index (χ2n) is 9.66. The summed E-state index contributed by atoms with van der Waals surface area (Å²) in [6.45, 7) is 6.02. The Bertz CT molecular complexity index is 1590. The fourth-order valence-corrected chi connectivity index (χ4v) is 4.64. The van der Waals surface area contributed by atoms with Crippen molar-refractivity contribution in [1.82, 2.24) is 29.7 Å². The third-order valence-corrected chi connectivity index (χ3v) is 6.58. The smallest absolute Gasteiger partial charge is 0.274 e. The van der Waals surface area contributed by atoms with Crippen molar-refractivity contribution in [3.05, 3.63) is 87.6 Å². The molecule has 0 saturated carbocycles. The zero-order valence-corrected chi connectivity index (χ0v) is 21.7. The number of hydrogen-bond donors (Lipinski definition) is 2. The highest BCUT2D eigenvalue weighted by Gasteiger charge is 2.32. The lowest BCUT2D eigenvalue weighted by Crippen LogP contribution is -2.46. The van der Waals surface area contributed by atoms with Gasteiger partial charge in [0, 0.05) is 30.3 Å². The summed E-state index contributed by atoms with van der Waals surface area (Å²) >= 11 is 0. The fraction of sp³-hybridized carbons (Fsp3) is 0.286. The zero-order chi connectivity index (χ0) is 27.0. The summed E-state index contributed by atoms with van der Waals surface area (Å²) in [4.78, 5) is 54.7. The lowest BCUT2D eigenvalue weighted by molar-refractivity contribution is 0.0647. The van der Waals surface area contributed by atoms with Crippen LogP contribution in [0.4, 0.5) is 5.95 Å². The van der Waals surface area contributed by atoms with E-state index in [1.54, 1.807) is 36.2 Å². The number of nitrogens with one attached hydrogen (secondary N) is 2. The van der Waals surface area contributed by atoms with Crippen LogP contribution in [0.1, 0.15) is 52.9 Å². The summed E-state index contributed by atoms with van der Waals surface area (Å²) in [6.07, 6.45) is 1.85. The van der Waals surface area contributed by atoms with Crippen molar-refractivity contribution in [2.75, 3.05) is 12.4 Å². The minimum Gasteiger partial charge on any atom is -0.355 e. The van der Waals surface area contributed by atoms with Gasteiger partial charge in [-0.05, 0) is 63.6 Å². The largest absolute Gasteiger partial charge is 0.355 e. The van der Waals surface area contributed by atoms with E-state index < -0.39 is 0 Å². The first-order chi connectivity index (χ1) is 18.3. The number of carbonyl (C=O) groups is 2. The van der Waals surface area contributed by atoms with Crippen LogP contribution in [0.25, 0.3) is 16.7 Å². The van der Waals surface area contributed by atoms with E-state index in [0.29, 0.717) is 40.4 Å². The number of carbonyl (C=O) groups excluding carboxylic acids is 2. The Morgan fingerprint density at radius 3 is 2.42 bits per heavy atom. The summed E-state index contributed by atoms with van der Waals surface area (Å²) in [7, 11) is 1.57. The van der Waals surface area contributed by atoms with Crippen molar-refractivity contribution < 1.29 is 9.59 Å². The van der Waals surface area contributed by atoms with Crippen molar-refractivity contribution in [3.63, 3.8) is 0 Å². The summed E-state index contributed by atoms with van der Waals surface area (Å²) in [5.41, 5.74) is 3.63. The normalized spacial score (nSPS) is 14.9. The summed E-state index contributed by atoms with van der Waals surface area (Å²) in [5, 5.41) is 5.86. The molecule has 1 aliphatic rings. The molecule has 5 rings (SSSR count). The van der Waals surface area contributed by atoms with Crippen molar-refractivity contribution in [3.8, 4) is 5.69 Å². The highest BCUT2D eigenvalue weighted by atomic mass is 16.2. The molecule has 10 heteroatoms. The first kappa shape index (κ1) is 25.1. The van der Waals surface area contributed by atoms with Crippen molar-refractivity contribution in [2.24, 2.45) is 0 Å². The number of hydrogen-bond acceptors (Lipinski definition) is 7. The molecule has 0 radical (unpaired) electrons. The number of anilines is 1. The SMILES string of the molecule is CNC(=O)c1ccc(-n2c(NC(C)C)nc3c(c2=O)C[C@@H](C)N(C(=O)c2cnc4ccccc4n2)C3)cc1. The van der Waals surface area contributed by atoms with Crippen molar-refractivity contribution >= 4 is 28.8 Å². The van der Waals surface area contributed by atoms with Crippen LogP contribution in [0.3, 0.4) is 0 Å². The summed E-state index contributed by atoms with van der Waals surface area (Å²) in [5.74, 6) is -0.0814. The van der Waals surface area contributed by atoms with Gasteiger partial charge >= 0.3 is 0 Å². The van der Waals surface area contributed by atoms with Gasteiger partial charge in [-0.1, -0.05) is 12.1 Å². The number of benzene rings is 2. The van der Waals surface area contributed by atoms with E-state index in [1.165, 1.54) is 10.8 Å². The predicted molar refractivity (Wildman–Crippen MR) is 145 cm³/mol. The molecule has 38 heavy (non-hydrogen) atoms. The Morgan fingerprint density at radius 1 is 1.03 bits per heavy atom. The second-order valence-corrected chi connectivity index (χ2v) is 9.66. The maximum Gasteiger partial charge on any atom is 0.274 e. The molecule has 3 heterocycles. The first-order valence-corrected chi connectivity index (χ1v) is 12.5. The predicted octanol–water partition coefficient (Wildman–Crippen LogP) is 2.94. The Labute approximate surface area is 219 Å². The molecule has 10 nitrogen and oxygen atoms in total. The van der Waals surface area contributed by atoms with Gasteiger partial charge in [0.05, 0.1) is 35.2 Å². The molecule has 1 aliphatic heterocycles. The van der Waals surface area contributed by atoms with Gasteiger partial charge in [-0.3, -0.25) is 19.4 Å². The molecule has 4 aromatic rings. The number of rotatable bonds is 5. The van der Waals surface area contributed by atoms with Gasteiger partial charge < -0.3 is 15.5 Å². The molecule has 0 aliphatic carbocycles. The van der Waals surface area contributed by atoms with Gasteiger partial charge in [-0.15, -0.1) is 0 Å². The van der Waals surface area contributed by atoms with Gasteiger partial charge in [-0.25, -0.2) is 14.5 Å². The van der Waals surface area contributed by atoms with Crippen molar-refractivity contribution in [2.45, 2.75) is 45.8 Å². The third-order valence-electron chi connectivity index (χ3n) is 6.58. The van der Waals surface area contributed by atoms with E-state index in [4.69, 9.17) is 4.98 Å². The summed E-state index contributed by atoms with van der Waals surface area (Å²) < 4.78 is 1.53. The lowest BCUT2D eigenvalue weighted by Gasteiger charge is -2.34. The molecule has 0 spiro atoms. The van der Waals surface area contributed by atoms with E-state index in [0.717, 1.165) is 5.52 Å². The molecule has 194 valence electrons. The average molecular weight is 512 g/mol. The van der Waals surface area contributed by atoms with Crippen LogP contribution in [0.15, 0.2) is 59.5 Å². The topological polar surface area (TPSA) is 122 Å². The van der Waals surface area contributed by atoms with Crippen LogP contribution in [-0.4, -0.2) is 55.4 Å². The highest BCUT2D eigenvalue weighted by Crippen LogP contribution is 2.25. The molecule has 0 unspecified atom stereocenters. The fourth-order valence-electron chi connectivity index (χ4n) is 4.64. The molecule has 2 N–H and O–H groups in total. The van der Waals surface area contributed by atoms with Gasteiger partial charge in [0.25, 0.3) is 17.4 Å². The number of aromatic nitrogens is 4. The Hall–Kier alpha value is -4.60. The molecule has 0 fully saturated rings. The van der Waals surface area contributed by atoms with Crippen LogP contribution in [0.2, 0.25) is 0 Å². The highest BCUT2D eigenvalue weighted by molar-refractivity contribution is 5.94. The van der Waals surface area contributed by atoms with Gasteiger partial charge in [0.1, 0.15) is 5.69 Å². The Balaban J connectivity index is 1.53. The molecule has 2 amide bonds. The maximum absolute atomic E-state index is 13.8. The number of fused-ring (bicyclic) bond motifs is 2. The van der Waals surface area contributed by atoms with E-state index >= 15 is 0 Å². The van der Waals surface area contributed by atoms with Crippen LogP contribution >= 0.6 is 0 Å². The standard InChI is InChI=1S/C28H29N7O3/c1-16(2)31-28-33-24-15-34(27(38)23-14-30-21-7-5-6-8-22(21)32-23)17(3)13-20(24)26(37)35(28)19-11-9-18(10-12-19)25(36)29-4/h5-12,14,16-17H,13,15H2,1-4H3,(H,29,36)(H,31,33)/t17-/m1/s1. The average Bonchev–Trinajstić information content (AvgIpc) is 2.92. The van der Waals surface area contributed by atoms with Gasteiger partial charge in [-0.2, -0.15) is 0 Å². The minimum absolute atomic E-state index is 0.00413. The summed E-state index contributed by atoms with van der Waals surface area (Å²) in [6, 6.07) is 14.0. The molecule has 2 aromatic heterocycles. The van der Waals surface area contributed by atoms with Crippen LogP contribution in [-0.2, 0) is 13.0 Å². The lowest BCUT2D eigenvalue weighted by atomic mass is 9.99. The number of para-hydroxylation sites is 2. The quantitative estimate of drug-likeness (QED) is 0.422. The number of amides is 2. The van der Waals surface area contributed by atoms with E-state index in [-0.39, 0.29) is 41.7 Å².